The van der Waals surface area contributed by atoms with Gasteiger partial charge in [-0.25, -0.2) is 4.79 Å². The van der Waals surface area contributed by atoms with Crippen molar-refractivity contribution in [2.75, 3.05) is 5.32 Å². The first-order chi connectivity index (χ1) is 8.30. The van der Waals surface area contributed by atoms with Gasteiger partial charge in [-0.05, 0) is 30.3 Å². The Kier molecular flexibility index (Phi) is 4.26. The van der Waals surface area contributed by atoms with Gasteiger partial charge in [-0.2, -0.15) is 0 Å². The molecule has 0 aliphatic rings. The predicted octanol–water partition coefficient (Wildman–Crippen LogP) is 2.93. The van der Waals surface area contributed by atoms with E-state index in [0.717, 1.165) is 5.69 Å². The molecule has 0 aliphatic carbocycles. The van der Waals surface area contributed by atoms with Crippen LogP contribution in [0.5, 0.6) is 0 Å². The lowest BCUT2D eigenvalue weighted by molar-refractivity contribution is -0.121. The Morgan fingerprint density at radius 3 is 2.17 bits per heavy atom. The number of carbonyl (C=O) groups excluding carboxylic acids is 1. The number of hydrogen-bond acceptors (Lipinski definition) is 3. The maximum absolute atomic E-state index is 11.6. The minimum absolute atomic E-state index is 0.0251. The summed E-state index contributed by atoms with van der Waals surface area (Å²) in [4.78, 5) is 22.2. The molecule has 2 N–H and O–H groups in total. The number of rotatable bonds is 4. The Morgan fingerprint density at radius 2 is 1.72 bits per heavy atom. The first kappa shape index (κ1) is 14.0. The van der Waals surface area contributed by atoms with Crippen molar-refractivity contribution < 1.29 is 14.7 Å². The normalized spacial score (nSPS) is 11.5. The van der Waals surface area contributed by atoms with Crippen LogP contribution in [0.25, 0.3) is 0 Å². The fourth-order valence-corrected chi connectivity index (χ4v) is 1.17. The molecule has 0 fully saturated rings. The maximum Gasteiger partial charge on any atom is 0.335 e. The number of hydrogen-bond donors (Lipinski definition) is 2. The number of anilines is 1. The van der Waals surface area contributed by atoms with Crippen LogP contribution in [-0.4, -0.2) is 16.9 Å². The average molecular weight is 247 g/mol. The van der Waals surface area contributed by atoms with Gasteiger partial charge in [-0.15, -0.1) is 0 Å². The molecule has 0 unspecified atom stereocenters. The van der Waals surface area contributed by atoms with Crippen molar-refractivity contribution in [3.8, 4) is 0 Å². The molecule has 0 radical (unpaired) electrons. The summed E-state index contributed by atoms with van der Waals surface area (Å²) >= 11 is 0. The van der Waals surface area contributed by atoms with Crippen LogP contribution in [0.3, 0.4) is 0 Å². The van der Waals surface area contributed by atoms with Gasteiger partial charge in [0.15, 0.2) is 5.78 Å². The Morgan fingerprint density at radius 1 is 1.17 bits per heavy atom. The molecule has 1 aromatic carbocycles. The highest BCUT2D eigenvalue weighted by atomic mass is 16.4. The molecule has 0 aromatic heterocycles. The molecule has 4 nitrogen and oxygen atoms in total. The van der Waals surface area contributed by atoms with Gasteiger partial charge in [0.2, 0.25) is 0 Å². The summed E-state index contributed by atoms with van der Waals surface area (Å²) in [6, 6.07) is 6.30. The van der Waals surface area contributed by atoms with Gasteiger partial charge >= 0.3 is 5.97 Å². The number of carboxylic acids is 1. The van der Waals surface area contributed by atoms with E-state index in [-0.39, 0.29) is 11.3 Å². The van der Waals surface area contributed by atoms with Crippen molar-refractivity contribution in [3.63, 3.8) is 0 Å². The van der Waals surface area contributed by atoms with Gasteiger partial charge < -0.3 is 10.4 Å². The van der Waals surface area contributed by atoms with Crippen LogP contribution in [0, 0.1) is 5.41 Å². The number of aromatic carboxylic acids is 1. The van der Waals surface area contributed by atoms with E-state index in [2.05, 4.69) is 5.32 Å². The number of benzene rings is 1. The van der Waals surface area contributed by atoms with Crippen molar-refractivity contribution in [2.24, 2.45) is 5.41 Å². The third-order valence-corrected chi connectivity index (χ3v) is 2.36. The third-order valence-electron chi connectivity index (χ3n) is 2.36. The molecule has 0 spiro atoms. The quantitative estimate of drug-likeness (QED) is 0.803. The van der Waals surface area contributed by atoms with Gasteiger partial charge in [0.1, 0.15) is 0 Å². The first-order valence-corrected chi connectivity index (χ1v) is 5.61. The van der Waals surface area contributed by atoms with Crippen LogP contribution in [0.1, 0.15) is 31.1 Å². The lowest BCUT2D eigenvalue weighted by atomic mass is 9.91. The molecule has 96 valence electrons. The van der Waals surface area contributed by atoms with Gasteiger partial charge in [-0.1, -0.05) is 20.8 Å². The van der Waals surface area contributed by atoms with E-state index in [1.54, 1.807) is 18.3 Å². The third kappa shape index (κ3) is 4.05. The Balaban J connectivity index is 2.62. The van der Waals surface area contributed by atoms with Gasteiger partial charge in [0.05, 0.1) is 5.56 Å². The van der Waals surface area contributed by atoms with Crippen molar-refractivity contribution in [1.82, 2.24) is 0 Å². The standard InChI is InChI=1S/C14H17NO3/c1-14(2,3)12(16)8-9-15-11-6-4-10(5-7-11)13(17)18/h4-9,15H,1-3H3,(H,17,18)/b9-8+. The zero-order valence-corrected chi connectivity index (χ0v) is 10.7. The minimum atomic E-state index is -0.958. The second-order valence-corrected chi connectivity index (χ2v) is 4.97. The highest BCUT2D eigenvalue weighted by molar-refractivity contribution is 5.94. The van der Waals surface area contributed by atoms with Gasteiger partial charge in [0, 0.05) is 17.3 Å². The maximum atomic E-state index is 11.6. The van der Waals surface area contributed by atoms with E-state index in [4.69, 9.17) is 5.11 Å². The summed E-state index contributed by atoms with van der Waals surface area (Å²) in [5, 5.41) is 11.7. The zero-order valence-electron chi connectivity index (χ0n) is 10.7. The summed E-state index contributed by atoms with van der Waals surface area (Å²) < 4.78 is 0. The summed E-state index contributed by atoms with van der Waals surface area (Å²) in [5.74, 6) is -0.933. The molecule has 1 rings (SSSR count). The fourth-order valence-electron chi connectivity index (χ4n) is 1.17. The lowest BCUT2D eigenvalue weighted by Crippen LogP contribution is -2.17. The van der Waals surface area contributed by atoms with Crippen molar-refractivity contribution in [3.05, 3.63) is 42.1 Å². The Bertz CT molecular complexity index is 467. The lowest BCUT2D eigenvalue weighted by Gasteiger charge is -2.13. The second kappa shape index (κ2) is 5.49. The molecule has 0 bridgehead atoms. The molecule has 0 heterocycles. The van der Waals surface area contributed by atoms with Crippen LogP contribution >= 0.6 is 0 Å². The number of ketones is 1. The Hall–Kier alpha value is -2.10. The van der Waals surface area contributed by atoms with Crippen LogP contribution in [-0.2, 0) is 4.79 Å². The summed E-state index contributed by atoms with van der Waals surface area (Å²) in [5.41, 5.74) is 0.569. The van der Waals surface area contributed by atoms with Crippen molar-refractivity contribution in [2.45, 2.75) is 20.8 Å². The summed E-state index contributed by atoms with van der Waals surface area (Å²) in [6.07, 6.45) is 3.04. The number of allylic oxidation sites excluding steroid dienone is 1. The topological polar surface area (TPSA) is 66.4 Å². The molecular formula is C14H17NO3. The molecule has 18 heavy (non-hydrogen) atoms. The van der Waals surface area contributed by atoms with E-state index in [0.29, 0.717) is 0 Å². The summed E-state index contributed by atoms with van der Waals surface area (Å²) in [7, 11) is 0. The van der Waals surface area contributed by atoms with Gasteiger partial charge in [-0.3, -0.25) is 4.79 Å². The van der Waals surface area contributed by atoms with Crippen LogP contribution in [0.4, 0.5) is 5.69 Å². The number of carbonyl (C=O) groups is 2. The average Bonchev–Trinajstić information content (AvgIpc) is 2.28. The monoisotopic (exact) mass is 247 g/mol. The van der Waals surface area contributed by atoms with Gasteiger partial charge in [0.25, 0.3) is 0 Å². The molecule has 0 amide bonds. The van der Waals surface area contributed by atoms with Crippen LogP contribution in [0.15, 0.2) is 36.5 Å². The summed E-state index contributed by atoms with van der Waals surface area (Å²) in [6.45, 7) is 5.55. The Labute approximate surface area is 106 Å². The number of carboxylic acid groups (broad SMARTS) is 1. The van der Waals surface area contributed by atoms with E-state index in [1.165, 1.54) is 18.2 Å². The van der Waals surface area contributed by atoms with Crippen LogP contribution in [0.2, 0.25) is 0 Å². The SMILES string of the molecule is CC(C)(C)C(=O)/C=C/Nc1ccc(C(=O)O)cc1. The fraction of sp³-hybridized carbons (Fsp3) is 0.286. The molecule has 0 aliphatic heterocycles. The van der Waals surface area contributed by atoms with Crippen LogP contribution < -0.4 is 5.32 Å². The molecule has 4 heteroatoms. The largest absolute Gasteiger partial charge is 0.478 e. The van der Waals surface area contributed by atoms with E-state index in [1.807, 2.05) is 20.8 Å². The predicted molar refractivity (Wildman–Crippen MR) is 70.6 cm³/mol. The smallest absolute Gasteiger partial charge is 0.335 e. The van der Waals surface area contributed by atoms with E-state index in [9.17, 15) is 9.59 Å². The molecular weight excluding hydrogens is 230 g/mol. The molecule has 1 aromatic rings. The molecule has 0 atom stereocenters. The van der Waals surface area contributed by atoms with E-state index < -0.39 is 11.4 Å². The highest BCUT2D eigenvalue weighted by Gasteiger charge is 2.17. The van der Waals surface area contributed by atoms with Crippen molar-refractivity contribution >= 4 is 17.4 Å². The van der Waals surface area contributed by atoms with E-state index >= 15 is 0 Å². The number of nitrogens with one attached hydrogen (secondary N) is 1. The molecule has 0 saturated carbocycles. The molecule has 0 saturated heterocycles. The van der Waals surface area contributed by atoms with Crippen molar-refractivity contribution in [1.29, 1.82) is 0 Å². The first-order valence-electron chi connectivity index (χ1n) is 5.61. The zero-order chi connectivity index (χ0) is 13.8. The minimum Gasteiger partial charge on any atom is -0.478 e. The highest BCUT2D eigenvalue weighted by Crippen LogP contribution is 2.15. The second-order valence-electron chi connectivity index (χ2n) is 4.97.